The van der Waals surface area contributed by atoms with Crippen molar-refractivity contribution in [2.24, 2.45) is 10.9 Å². The normalized spacial score (nSPS) is 11.9. The predicted octanol–water partition coefficient (Wildman–Crippen LogP) is 10.4. The van der Waals surface area contributed by atoms with Gasteiger partial charge in [-0.15, -0.1) is 0 Å². The van der Waals surface area contributed by atoms with E-state index in [1.54, 1.807) is 0 Å². The Balaban J connectivity index is 1.55. The van der Waals surface area contributed by atoms with Gasteiger partial charge in [0, 0.05) is 0 Å². The molecule has 1 nitrogen and oxygen atoms in total. The minimum Gasteiger partial charge on any atom is -0.252 e. The number of aryl methyl sites for hydroxylation is 1. The summed E-state index contributed by atoms with van der Waals surface area (Å²) in [4.78, 5) is 5.09. The molecule has 0 saturated heterocycles. The Morgan fingerprint density at radius 2 is 0.947 bits per heavy atom. The number of nitrogens with zero attached hydrogens (tertiary/aromatic N) is 1. The molecule has 1 heteroatoms. The maximum Gasteiger partial charge on any atom is 0.0662 e. The fraction of sp³-hybridized carbons (Fsp3) is 0.108. The standard InChI is InChI=1S/C37H31N/c1-25(2)37(38-34-20-12-7-13-26(34)3)29-23-21-28(22-24-29)36-32-18-10-8-16-30(32)35(27-14-5-4-6-15-27)31-17-9-11-19-33(31)36/h4-25H,1-3H3/b38-37+. The van der Waals surface area contributed by atoms with E-state index in [1.807, 2.05) is 0 Å². The second kappa shape index (κ2) is 10.1. The Bertz CT molecular complexity index is 1720. The van der Waals surface area contributed by atoms with Crippen LogP contribution in [-0.2, 0) is 0 Å². The summed E-state index contributed by atoms with van der Waals surface area (Å²) in [6, 6.07) is 45.7. The van der Waals surface area contributed by atoms with Crippen molar-refractivity contribution in [3.63, 3.8) is 0 Å². The van der Waals surface area contributed by atoms with Gasteiger partial charge in [-0.1, -0.05) is 135 Å². The number of rotatable bonds is 5. The molecule has 0 amide bonds. The highest BCUT2D eigenvalue weighted by Gasteiger charge is 2.17. The van der Waals surface area contributed by atoms with Crippen LogP contribution in [0.25, 0.3) is 43.8 Å². The third kappa shape index (κ3) is 4.31. The third-order valence-electron chi connectivity index (χ3n) is 7.37. The van der Waals surface area contributed by atoms with Gasteiger partial charge in [0.05, 0.1) is 11.4 Å². The van der Waals surface area contributed by atoms with E-state index in [0.717, 1.165) is 11.4 Å². The number of fused-ring (bicyclic) bond motifs is 2. The zero-order chi connectivity index (χ0) is 26.1. The first-order chi connectivity index (χ1) is 18.6. The molecule has 0 aromatic heterocycles. The van der Waals surface area contributed by atoms with Crippen LogP contribution in [0.2, 0.25) is 0 Å². The average Bonchev–Trinajstić information content (AvgIpc) is 2.96. The topological polar surface area (TPSA) is 12.4 Å². The average molecular weight is 490 g/mol. The molecule has 6 aromatic rings. The van der Waals surface area contributed by atoms with Gasteiger partial charge >= 0.3 is 0 Å². The molecular weight excluding hydrogens is 458 g/mol. The quantitative estimate of drug-likeness (QED) is 0.169. The van der Waals surface area contributed by atoms with Crippen LogP contribution < -0.4 is 0 Å². The maximum atomic E-state index is 5.09. The number of para-hydroxylation sites is 1. The van der Waals surface area contributed by atoms with Crippen molar-refractivity contribution < 1.29 is 0 Å². The molecule has 6 rings (SSSR count). The molecule has 0 fully saturated rings. The molecule has 0 aliphatic heterocycles. The van der Waals surface area contributed by atoms with Crippen LogP contribution in [0.15, 0.2) is 132 Å². The molecule has 6 aromatic carbocycles. The van der Waals surface area contributed by atoms with Crippen LogP contribution >= 0.6 is 0 Å². The highest BCUT2D eigenvalue weighted by Crippen LogP contribution is 2.43. The lowest BCUT2D eigenvalue weighted by molar-refractivity contribution is 0.885. The summed E-state index contributed by atoms with van der Waals surface area (Å²) in [5, 5.41) is 5.10. The molecule has 0 atom stereocenters. The van der Waals surface area contributed by atoms with Crippen molar-refractivity contribution >= 4 is 32.9 Å². The summed E-state index contributed by atoms with van der Waals surface area (Å²) in [5.74, 6) is 0.312. The van der Waals surface area contributed by atoms with Crippen molar-refractivity contribution in [2.75, 3.05) is 0 Å². The van der Waals surface area contributed by atoms with Crippen molar-refractivity contribution in [3.05, 3.63) is 139 Å². The molecule has 0 heterocycles. The molecule has 0 N–H and O–H groups in total. The molecule has 0 spiro atoms. The van der Waals surface area contributed by atoms with Crippen LogP contribution in [0.1, 0.15) is 25.0 Å². The minimum atomic E-state index is 0.312. The summed E-state index contributed by atoms with van der Waals surface area (Å²) >= 11 is 0. The molecule has 38 heavy (non-hydrogen) atoms. The van der Waals surface area contributed by atoms with Gasteiger partial charge in [0.15, 0.2) is 0 Å². The Labute approximate surface area is 225 Å². The second-order valence-corrected chi connectivity index (χ2v) is 10.2. The SMILES string of the molecule is Cc1ccccc1/N=C(/c1ccc(-c2c3ccccc3c(-c3ccccc3)c3ccccc23)cc1)C(C)C. The smallest absolute Gasteiger partial charge is 0.0662 e. The summed E-state index contributed by atoms with van der Waals surface area (Å²) in [6.07, 6.45) is 0. The van der Waals surface area contributed by atoms with E-state index in [1.165, 1.54) is 54.9 Å². The van der Waals surface area contributed by atoms with Gasteiger partial charge < -0.3 is 0 Å². The Kier molecular flexibility index (Phi) is 6.35. The number of aliphatic imine (C=N–C) groups is 1. The number of hydrogen-bond acceptors (Lipinski definition) is 1. The molecule has 184 valence electrons. The Hall–Kier alpha value is -4.49. The second-order valence-electron chi connectivity index (χ2n) is 10.2. The van der Waals surface area contributed by atoms with Gasteiger partial charge in [-0.05, 0) is 73.8 Å². The van der Waals surface area contributed by atoms with Crippen LogP contribution in [0.4, 0.5) is 5.69 Å². The van der Waals surface area contributed by atoms with Crippen molar-refractivity contribution in [1.82, 2.24) is 0 Å². The van der Waals surface area contributed by atoms with E-state index in [-0.39, 0.29) is 0 Å². The van der Waals surface area contributed by atoms with E-state index in [2.05, 4.69) is 148 Å². The molecule has 0 radical (unpaired) electrons. The summed E-state index contributed by atoms with van der Waals surface area (Å²) < 4.78 is 0. The largest absolute Gasteiger partial charge is 0.252 e. The van der Waals surface area contributed by atoms with Gasteiger partial charge in [0.2, 0.25) is 0 Å². The molecule has 0 saturated carbocycles. The maximum absolute atomic E-state index is 5.09. The fourth-order valence-corrected chi connectivity index (χ4v) is 5.51. The summed E-state index contributed by atoms with van der Waals surface area (Å²) in [7, 11) is 0. The fourth-order valence-electron chi connectivity index (χ4n) is 5.51. The molecule has 0 aliphatic carbocycles. The van der Waals surface area contributed by atoms with Gasteiger partial charge in [0.25, 0.3) is 0 Å². The van der Waals surface area contributed by atoms with E-state index < -0.39 is 0 Å². The van der Waals surface area contributed by atoms with Crippen LogP contribution in [0.3, 0.4) is 0 Å². The van der Waals surface area contributed by atoms with Gasteiger partial charge in [-0.25, -0.2) is 0 Å². The van der Waals surface area contributed by atoms with E-state index in [4.69, 9.17) is 4.99 Å². The lowest BCUT2D eigenvalue weighted by Gasteiger charge is -2.18. The lowest BCUT2D eigenvalue weighted by atomic mass is 9.85. The monoisotopic (exact) mass is 489 g/mol. The molecule has 0 bridgehead atoms. The van der Waals surface area contributed by atoms with Gasteiger partial charge in [0.1, 0.15) is 0 Å². The summed E-state index contributed by atoms with van der Waals surface area (Å²) in [6.45, 7) is 6.55. The van der Waals surface area contributed by atoms with Crippen molar-refractivity contribution in [1.29, 1.82) is 0 Å². The predicted molar refractivity (Wildman–Crippen MR) is 165 cm³/mol. The first kappa shape index (κ1) is 23.9. The van der Waals surface area contributed by atoms with Crippen molar-refractivity contribution in [3.8, 4) is 22.3 Å². The lowest BCUT2D eigenvalue weighted by Crippen LogP contribution is -2.09. The van der Waals surface area contributed by atoms with E-state index >= 15 is 0 Å². The highest BCUT2D eigenvalue weighted by molar-refractivity contribution is 6.21. The first-order valence-corrected chi connectivity index (χ1v) is 13.4. The van der Waals surface area contributed by atoms with Gasteiger partial charge in [-0.2, -0.15) is 0 Å². The zero-order valence-electron chi connectivity index (χ0n) is 22.1. The molecule has 0 aliphatic rings. The highest BCUT2D eigenvalue weighted by atomic mass is 14.8. The van der Waals surface area contributed by atoms with Crippen molar-refractivity contribution in [2.45, 2.75) is 20.8 Å². The molecule has 0 unspecified atom stereocenters. The zero-order valence-corrected chi connectivity index (χ0v) is 22.1. The number of hydrogen-bond donors (Lipinski definition) is 0. The third-order valence-corrected chi connectivity index (χ3v) is 7.37. The van der Waals surface area contributed by atoms with E-state index in [0.29, 0.717) is 5.92 Å². The Morgan fingerprint density at radius 1 is 0.500 bits per heavy atom. The van der Waals surface area contributed by atoms with Gasteiger partial charge in [-0.3, -0.25) is 4.99 Å². The Morgan fingerprint density at radius 3 is 1.45 bits per heavy atom. The minimum absolute atomic E-state index is 0.312. The van der Waals surface area contributed by atoms with Crippen LogP contribution in [-0.4, -0.2) is 5.71 Å². The van der Waals surface area contributed by atoms with E-state index in [9.17, 15) is 0 Å². The summed E-state index contributed by atoms with van der Waals surface area (Å²) in [5.41, 5.74) is 9.55. The van der Waals surface area contributed by atoms with Crippen LogP contribution in [0, 0.1) is 12.8 Å². The number of benzene rings is 6. The van der Waals surface area contributed by atoms with Crippen LogP contribution in [0.5, 0.6) is 0 Å². The first-order valence-electron chi connectivity index (χ1n) is 13.4. The molecular formula is C37H31N.